The van der Waals surface area contributed by atoms with E-state index in [0.717, 1.165) is 6.42 Å². The zero-order valence-electron chi connectivity index (χ0n) is 25.7. The number of benzene rings is 1. The molecule has 214 valence electrons. The molecule has 2 atom stereocenters. The molecule has 0 bridgehead atoms. The van der Waals surface area contributed by atoms with E-state index in [1.54, 1.807) is 32.0 Å². The van der Waals surface area contributed by atoms with Crippen molar-refractivity contribution in [2.75, 3.05) is 0 Å². The second-order valence-corrected chi connectivity index (χ2v) is 14.9. The fourth-order valence-electron chi connectivity index (χ4n) is 7.95. The predicted octanol–water partition coefficient (Wildman–Crippen LogP) is 3.88. The fourth-order valence-corrected chi connectivity index (χ4v) is 8.15. The summed E-state index contributed by atoms with van der Waals surface area (Å²) in [5.41, 5.74) is 10.3. The van der Waals surface area contributed by atoms with Gasteiger partial charge in [0.25, 0.3) is 0 Å². The Morgan fingerprint density at radius 3 is 2.02 bits per heavy atom. The Balaban J connectivity index is 0.000000342. The zero-order chi connectivity index (χ0) is 27.5. The Kier molecular flexibility index (Phi) is 9.86. The predicted molar refractivity (Wildman–Crippen MR) is 161 cm³/mol. The minimum Gasteiger partial charge on any atom is -0.214 e. The summed E-state index contributed by atoms with van der Waals surface area (Å²) in [5, 5.41) is 0. The average molecular weight is 610 g/mol. The van der Waals surface area contributed by atoms with E-state index >= 15 is 0 Å². The monoisotopic (exact) mass is 608 g/mol. The van der Waals surface area contributed by atoms with Gasteiger partial charge in [-0.2, -0.15) is 29.3 Å². The fraction of sp³-hybridized carbons (Fsp3) is 0.486. The van der Waals surface area contributed by atoms with Crippen molar-refractivity contribution in [3.63, 3.8) is 0 Å². The molecule has 0 spiro atoms. The largest absolute Gasteiger partial charge is 0.214 e. The summed E-state index contributed by atoms with van der Waals surface area (Å²) in [6.07, 6.45) is 11.3. The van der Waals surface area contributed by atoms with E-state index in [1.165, 1.54) is 36.8 Å². The number of allylic oxidation sites excluding steroid dienone is 6. The maximum absolute atomic E-state index is 2.62. The first-order valence-electron chi connectivity index (χ1n) is 14.7. The average Bonchev–Trinajstić information content (AvgIpc) is 3.32. The molecule has 0 amide bonds. The molecule has 0 heterocycles. The van der Waals surface area contributed by atoms with Crippen LogP contribution in [0.25, 0.3) is 5.57 Å². The van der Waals surface area contributed by atoms with Crippen LogP contribution in [0.15, 0.2) is 83.5 Å². The third-order valence-corrected chi connectivity index (χ3v) is 12.6. The van der Waals surface area contributed by atoms with E-state index in [9.17, 15) is 0 Å². The van der Waals surface area contributed by atoms with Gasteiger partial charge in [-0.25, -0.2) is 18.1 Å². The van der Waals surface area contributed by atoms with Crippen molar-refractivity contribution in [2.45, 2.75) is 87.5 Å². The first kappa shape index (κ1) is 33.3. The molecule has 0 N–H and O–H groups in total. The van der Waals surface area contributed by atoms with Crippen molar-refractivity contribution in [1.29, 1.82) is 0 Å². The summed E-state index contributed by atoms with van der Waals surface area (Å²) >= 11 is 2.19. The molecule has 0 radical (unpaired) electrons. The van der Waals surface area contributed by atoms with Crippen molar-refractivity contribution < 1.29 is 44.8 Å². The van der Waals surface area contributed by atoms with Gasteiger partial charge in [0.1, 0.15) is 0 Å². The third-order valence-electron chi connectivity index (χ3n) is 11.8. The Morgan fingerprint density at radius 2 is 1.48 bits per heavy atom. The van der Waals surface area contributed by atoms with E-state index in [1.807, 2.05) is 30.3 Å². The van der Waals surface area contributed by atoms with Gasteiger partial charge in [-0.15, -0.1) is 6.92 Å². The molecule has 5 aliphatic rings. The zero-order valence-corrected chi connectivity index (χ0v) is 28.8. The molecule has 0 aromatic heterocycles. The molecule has 2 saturated carbocycles. The molecule has 2 fully saturated rings. The van der Waals surface area contributed by atoms with Gasteiger partial charge in [0.05, 0.1) is 0 Å². The maximum Gasteiger partial charge on any atom is -0.172 e. The van der Waals surface area contributed by atoms with E-state index in [4.69, 9.17) is 0 Å². The van der Waals surface area contributed by atoms with Crippen molar-refractivity contribution in [2.24, 2.45) is 27.6 Å². The Hall–Kier alpha value is -1.18. The molecule has 0 saturated heterocycles. The SMILES string of the molecule is C[C-]1C2=C3Cc4ccccc4C3=C3C=CCCC3C2(C)C(C)(C)C(C)(C)C1(C)C.[Cl-].[Cl-].[Ti+2]=[C]1CC1.c1cc[cH-]c1. The number of hydrogen-bond donors (Lipinski definition) is 0. The number of hydrogen-bond acceptors (Lipinski definition) is 0. The van der Waals surface area contributed by atoms with Crippen LogP contribution in [0.1, 0.15) is 92.2 Å². The molecule has 3 heteroatoms. The molecular weight excluding hydrogens is 563 g/mol. The summed E-state index contributed by atoms with van der Waals surface area (Å²) < 4.78 is 1.67. The maximum atomic E-state index is 2.62. The molecule has 40 heavy (non-hydrogen) atoms. The first-order chi connectivity index (χ1) is 17.9. The van der Waals surface area contributed by atoms with Gasteiger partial charge >= 0.3 is 36.6 Å². The summed E-state index contributed by atoms with van der Waals surface area (Å²) in [5.74, 6) is 2.24. The molecular formula is C37H46Cl2Ti-2. The summed E-state index contributed by atoms with van der Waals surface area (Å²) in [4.78, 5) is 0. The van der Waals surface area contributed by atoms with Crippen LogP contribution >= 0.6 is 0 Å². The quantitative estimate of drug-likeness (QED) is 0.315. The van der Waals surface area contributed by atoms with Gasteiger partial charge in [0.15, 0.2) is 0 Å². The van der Waals surface area contributed by atoms with Gasteiger partial charge < -0.3 is 24.8 Å². The summed E-state index contributed by atoms with van der Waals surface area (Å²) in [7, 11) is 0. The molecule has 0 nitrogen and oxygen atoms in total. The second kappa shape index (κ2) is 11.8. The van der Waals surface area contributed by atoms with Crippen LogP contribution in [0.5, 0.6) is 0 Å². The minimum atomic E-state index is 0. The first-order valence-corrected chi connectivity index (χ1v) is 15.5. The molecule has 2 aromatic rings. The van der Waals surface area contributed by atoms with Crippen LogP contribution in [-0.4, -0.2) is 3.81 Å². The van der Waals surface area contributed by atoms with Crippen molar-refractivity contribution >= 4 is 9.38 Å². The van der Waals surface area contributed by atoms with Crippen molar-refractivity contribution in [3.8, 4) is 0 Å². The van der Waals surface area contributed by atoms with Crippen LogP contribution in [0, 0.1) is 33.5 Å². The Bertz CT molecular complexity index is 1290. The van der Waals surface area contributed by atoms with Crippen molar-refractivity contribution in [1.82, 2.24) is 0 Å². The molecule has 2 aromatic carbocycles. The van der Waals surface area contributed by atoms with Crippen molar-refractivity contribution in [3.05, 3.63) is 101 Å². The summed E-state index contributed by atoms with van der Waals surface area (Å²) in [6.45, 7) is 20.3. The normalized spacial score (nSPS) is 27.3. The second-order valence-electron chi connectivity index (χ2n) is 13.8. The van der Waals surface area contributed by atoms with Gasteiger partial charge in [0, 0.05) is 0 Å². The van der Waals surface area contributed by atoms with Crippen LogP contribution < -0.4 is 24.8 Å². The van der Waals surface area contributed by atoms with Gasteiger partial charge in [-0.05, 0) is 40.6 Å². The molecule has 0 aliphatic heterocycles. The Labute approximate surface area is 268 Å². The van der Waals surface area contributed by atoms with E-state index in [0.29, 0.717) is 5.92 Å². The van der Waals surface area contributed by atoms with E-state index < -0.39 is 0 Å². The van der Waals surface area contributed by atoms with Crippen LogP contribution in [0.4, 0.5) is 0 Å². The van der Waals surface area contributed by atoms with Gasteiger partial charge in [0.2, 0.25) is 0 Å². The van der Waals surface area contributed by atoms with E-state index in [-0.39, 0.29) is 46.5 Å². The van der Waals surface area contributed by atoms with Gasteiger partial charge in [-0.1, -0.05) is 113 Å². The van der Waals surface area contributed by atoms with Crippen LogP contribution in [-0.2, 0) is 26.4 Å². The third kappa shape index (κ3) is 4.94. The van der Waals surface area contributed by atoms with E-state index in [2.05, 4.69) is 112 Å². The summed E-state index contributed by atoms with van der Waals surface area (Å²) in [6, 6.07) is 19.2. The molecule has 7 rings (SSSR count). The number of rotatable bonds is 0. The Morgan fingerprint density at radius 1 is 0.875 bits per heavy atom. The number of halogens is 2. The number of fused-ring (bicyclic) bond motifs is 6. The minimum absolute atomic E-state index is 0. The smallest absolute Gasteiger partial charge is 0.172 e. The van der Waals surface area contributed by atoms with Crippen LogP contribution in [0.3, 0.4) is 0 Å². The van der Waals surface area contributed by atoms with Crippen LogP contribution in [0.2, 0.25) is 0 Å². The molecule has 5 aliphatic carbocycles. The molecule has 2 unspecified atom stereocenters. The topological polar surface area (TPSA) is 0 Å². The standard InChI is InChI=1S/C29H37.C5H5.C3H4.2ClH.Ti/c1-18-25-22-17-19-13-9-10-14-20(19)24(22)21-15-11-12-16-23(21)29(25,8)28(6,7)27(4,5)26(18,2)3;1-2-4-5-3-1;1-2-3-1;;;/h9-11,13-15,23H,12,16-17H2,1-8H3;1-5H;1-2H2;2*1H;/q2*-1;;;;+2/p-2. The van der Waals surface area contributed by atoms with Gasteiger partial charge in [-0.3, -0.25) is 0 Å².